The zero-order valence-electron chi connectivity index (χ0n) is 15.8. The molecule has 3 aromatic rings. The summed E-state index contributed by atoms with van der Waals surface area (Å²) in [5.41, 5.74) is 0.661. The maximum absolute atomic E-state index is 10.2. The summed E-state index contributed by atoms with van der Waals surface area (Å²) < 4.78 is 23.2. The third kappa shape index (κ3) is 5.37. The number of nitrogens with zero attached hydrogens (tertiary/aromatic N) is 3. The van der Waals surface area contributed by atoms with Crippen molar-refractivity contribution in [2.45, 2.75) is 19.3 Å². The second-order valence-electron chi connectivity index (χ2n) is 6.01. The van der Waals surface area contributed by atoms with Crippen LogP contribution in [0.2, 0.25) is 0 Å². The number of aromatic nitrogens is 3. The molecule has 0 fully saturated rings. The van der Waals surface area contributed by atoms with Crippen LogP contribution in [-0.4, -0.2) is 47.0 Å². The first-order valence-electron chi connectivity index (χ1n) is 8.77. The van der Waals surface area contributed by atoms with Gasteiger partial charge in [0.05, 0.1) is 27.0 Å². The van der Waals surface area contributed by atoms with Gasteiger partial charge in [0.25, 0.3) is 0 Å². The minimum absolute atomic E-state index is 0.109. The Morgan fingerprint density at radius 3 is 2.36 bits per heavy atom. The van der Waals surface area contributed by atoms with E-state index < -0.39 is 6.10 Å². The Morgan fingerprint density at radius 1 is 0.929 bits per heavy atom. The van der Waals surface area contributed by atoms with Crippen molar-refractivity contribution in [1.29, 1.82) is 0 Å². The van der Waals surface area contributed by atoms with E-state index in [4.69, 9.17) is 18.9 Å². The molecule has 0 radical (unpaired) electrons. The summed E-state index contributed by atoms with van der Waals surface area (Å²) in [6.07, 6.45) is 0.984. The molecule has 1 aromatic heterocycles. The highest BCUT2D eigenvalue weighted by Crippen LogP contribution is 2.25. The van der Waals surface area contributed by atoms with Crippen LogP contribution in [0.25, 0.3) is 0 Å². The standard InChI is InChI=1S/C20H23N3O5/c1-25-17-7-9-18(10-8-17)27-13-15-11-23(22-21-15)12-16(24)14-28-20-6-4-3-5-19(20)26-2/h3-11,16,24H,12-14H2,1-2H3. The van der Waals surface area contributed by atoms with E-state index >= 15 is 0 Å². The summed E-state index contributed by atoms with van der Waals surface area (Å²) in [4.78, 5) is 0. The van der Waals surface area contributed by atoms with Crippen LogP contribution < -0.4 is 18.9 Å². The Morgan fingerprint density at radius 2 is 1.64 bits per heavy atom. The number of aliphatic hydroxyl groups excluding tert-OH is 1. The normalized spacial score (nSPS) is 11.7. The molecule has 1 unspecified atom stereocenters. The summed E-state index contributed by atoms with van der Waals surface area (Å²) in [6.45, 7) is 0.642. The summed E-state index contributed by atoms with van der Waals surface area (Å²) >= 11 is 0. The zero-order chi connectivity index (χ0) is 19.8. The molecule has 8 nitrogen and oxygen atoms in total. The van der Waals surface area contributed by atoms with Crippen molar-refractivity contribution in [3.63, 3.8) is 0 Å². The number of hydrogen-bond donors (Lipinski definition) is 1. The van der Waals surface area contributed by atoms with Gasteiger partial charge in [-0.25, -0.2) is 4.68 Å². The van der Waals surface area contributed by atoms with E-state index in [1.165, 1.54) is 0 Å². The van der Waals surface area contributed by atoms with Gasteiger partial charge in [-0.3, -0.25) is 0 Å². The highest BCUT2D eigenvalue weighted by atomic mass is 16.5. The van der Waals surface area contributed by atoms with E-state index in [1.54, 1.807) is 37.2 Å². The molecule has 1 heterocycles. The molecule has 0 aliphatic heterocycles. The van der Waals surface area contributed by atoms with Crippen molar-refractivity contribution in [2.75, 3.05) is 20.8 Å². The fourth-order valence-corrected chi connectivity index (χ4v) is 2.52. The average molecular weight is 385 g/mol. The molecule has 0 amide bonds. The van der Waals surface area contributed by atoms with Crippen LogP contribution >= 0.6 is 0 Å². The number of rotatable bonds is 10. The molecule has 0 aliphatic rings. The summed E-state index contributed by atoms with van der Waals surface area (Å²) in [5, 5.41) is 18.3. The van der Waals surface area contributed by atoms with Gasteiger partial charge in [-0.2, -0.15) is 0 Å². The molecule has 0 saturated heterocycles. The molecule has 148 valence electrons. The molecule has 1 atom stereocenters. The summed E-state index contributed by atoms with van der Waals surface area (Å²) in [7, 11) is 3.19. The Balaban J connectivity index is 1.46. The average Bonchev–Trinajstić information content (AvgIpc) is 3.18. The van der Waals surface area contributed by atoms with Gasteiger partial charge in [0.15, 0.2) is 11.5 Å². The molecule has 28 heavy (non-hydrogen) atoms. The SMILES string of the molecule is COc1ccc(OCc2cn(CC(O)COc3ccccc3OC)nn2)cc1. The van der Waals surface area contributed by atoms with Crippen LogP contribution in [0.1, 0.15) is 5.69 Å². The van der Waals surface area contributed by atoms with Gasteiger partial charge in [0.1, 0.15) is 36.5 Å². The van der Waals surface area contributed by atoms with Crippen LogP contribution in [0.4, 0.5) is 0 Å². The van der Waals surface area contributed by atoms with Gasteiger partial charge >= 0.3 is 0 Å². The second kappa shape index (κ2) is 9.61. The van der Waals surface area contributed by atoms with E-state index in [0.717, 1.165) is 5.75 Å². The number of methoxy groups -OCH3 is 2. The molecule has 0 bridgehead atoms. The summed E-state index contributed by atoms with van der Waals surface area (Å²) in [6, 6.07) is 14.6. The highest BCUT2D eigenvalue weighted by Gasteiger charge is 2.11. The molecule has 1 N–H and O–H groups in total. The first kappa shape index (κ1) is 19.5. The predicted octanol–water partition coefficient (Wildman–Crippen LogP) is 2.31. The van der Waals surface area contributed by atoms with Gasteiger partial charge in [0.2, 0.25) is 0 Å². The Kier molecular flexibility index (Phi) is 6.69. The van der Waals surface area contributed by atoms with Crippen molar-refractivity contribution >= 4 is 0 Å². The topological polar surface area (TPSA) is 87.9 Å². The number of benzene rings is 2. The number of aliphatic hydroxyl groups is 1. The highest BCUT2D eigenvalue weighted by molar-refractivity contribution is 5.39. The second-order valence-corrected chi connectivity index (χ2v) is 6.01. The van der Waals surface area contributed by atoms with Crippen molar-refractivity contribution < 1.29 is 24.1 Å². The molecule has 0 spiro atoms. The van der Waals surface area contributed by atoms with Crippen molar-refractivity contribution in [3.8, 4) is 23.0 Å². The lowest BCUT2D eigenvalue weighted by molar-refractivity contribution is 0.0874. The number of ether oxygens (including phenoxy) is 4. The first-order valence-corrected chi connectivity index (χ1v) is 8.77. The Labute approximate surface area is 163 Å². The molecule has 0 aliphatic carbocycles. The smallest absolute Gasteiger partial charge is 0.161 e. The van der Waals surface area contributed by atoms with E-state index in [0.29, 0.717) is 22.9 Å². The maximum Gasteiger partial charge on any atom is 0.161 e. The molecular formula is C20H23N3O5. The van der Waals surface area contributed by atoms with Gasteiger partial charge in [-0.15, -0.1) is 5.10 Å². The van der Waals surface area contributed by atoms with Gasteiger partial charge < -0.3 is 24.1 Å². The monoisotopic (exact) mass is 385 g/mol. The van der Waals surface area contributed by atoms with Crippen LogP contribution in [0.15, 0.2) is 54.7 Å². The summed E-state index contributed by atoms with van der Waals surface area (Å²) in [5.74, 6) is 2.67. The Bertz CT molecular complexity index is 866. The van der Waals surface area contributed by atoms with Crippen LogP contribution in [-0.2, 0) is 13.2 Å². The molecule has 0 saturated carbocycles. The van der Waals surface area contributed by atoms with Crippen LogP contribution in [0, 0.1) is 0 Å². The first-order chi connectivity index (χ1) is 13.7. The molecule has 3 rings (SSSR count). The van der Waals surface area contributed by atoms with E-state index in [9.17, 15) is 5.11 Å². The van der Waals surface area contributed by atoms with E-state index in [1.807, 2.05) is 36.4 Å². The van der Waals surface area contributed by atoms with Gasteiger partial charge in [-0.05, 0) is 36.4 Å². The van der Waals surface area contributed by atoms with Crippen molar-refractivity contribution in [1.82, 2.24) is 15.0 Å². The van der Waals surface area contributed by atoms with Gasteiger partial charge in [0, 0.05) is 0 Å². The van der Waals surface area contributed by atoms with Crippen molar-refractivity contribution in [2.24, 2.45) is 0 Å². The lowest BCUT2D eigenvalue weighted by Gasteiger charge is -2.14. The number of para-hydroxylation sites is 2. The van der Waals surface area contributed by atoms with Gasteiger partial charge in [-0.1, -0.05) is 17.3 Å². The third-order valence-electron chi connectivity index (χ3n) is 3.93. The van der Waals surface area contributed by atoms with E-state index in [-0.39, 0.29) is 19.8 Å². The molecule has 2 aromatic carbocycles. The molecular weight excluding hydrogens is 362 g/mol. The maximum atomic E-state index is 10.2. The quantitative estimate of drug-likeness (QED) is 0.573. The fraction of sp³-hybridized carbons (Fsp3) is 0.300. The zero-order valence-corrected chi connectivity index (χ0v) is 15.8. The predicted molar refractivity (Wildman–Crippen MR) is 102 cm³/mol. The number of hydrogen-bond acceptors (Lipinski definition) is 7. The minimum atomic E-state index is -0.748. The van der Waals surface area contributed by atoms with E-state index in [2.05, 4.69) is 10.3 Å². The van der Waals surface area contributed by atoms with Crippen molar-refractivity contribution in [3.05, 3.63) is 60.4 Å². The lowest BCUT2D eigenvalue weighted by Crippen LogP contribution is -2.24. The Hall–Kier alpha value is -3.26. The molecule has 8 heteroatoms. The van der Waals surface area contributed by atoms with Crippen LogP contribution in [0.3, 0.4) is 0 Å². The largest absolute Gasteiger partial charge is 0.497 e. The third-order valence-corrected chi connectivity index (χ3v) is 3.93. The van der Waals surface area contributed by atoms with Crippen LogP contribution in [0.5, 0.6) is 23.0 Å². The fourth-order valence-electron chi connectivity index (χ4n) is 2.52. The lowest BCUT2D eigenvalue weighted by atomic mass is 10.3. The minimum Gasteiger partial charge on any atom is -0.497 e.